The molecule has 1 aliphatic heterocycles. The number of benzene rings is 1. The third-order valence-corrected chi connectivity index (χ3v) is 3.15. The molecule has 1 amide bonds. The molecule has 2 rings (SSSR count). The quantitative estimate of drug-likeness (QED) is 0.754. The van der Waals surface area contributed by atoms with Gasteiger partial charge in [0.15, 0.2) is 0 Å². The molecule has 1 fully saturated rings. The molecule has 1 aromatic rings. The van der Waals surface area contributed by atoms with Crippen LogP contribution in [0.15, 0.2) is 18.2 Å². The van der Waals surface area contributed by atoms with Gasteiger partial charge in [-0.25, -0.2) is 4.39 Å². The lowest BCUT2D eigenvalue weighted by Crippen LogP contribution is -2.54. The number of hydrogen-bond acceptors (Lipinski definition) is 3. The van der Waals surface area contributed by atoms with E-state index < -0.39 is 12.0 Å². The summed E-state index contributed by atoms with van der Waals surface area (Å²) in [5, 5.41) is 14.4. The average Bonchev–Trinajstić information content (AvgIpc) is 2.31. The second-order valence-electron chi connectivity index (χ2n) is 4.64. The van der Waals surface area contributed by atoms with Gasteiger partial charge in [-0.3, -0.25) is 14.9 Å². The van der Waals surface area contributed by atoms with E-state index in [4.69, 9.17) is 5.11 Å². The maximum Gasteiger partial charge on any atom is 0.304 e. The fourth-order valence-electron chi connectivity index (χ4n) is 2.23. The van der Waals surface area contributed by atoms with Crippen molar-refractivity contribution in [2.45, 2.75) is 25.4 Å². The van der Waals surface area contributed by atoms with Gasteiger partial charge in [0.05, 0.1) is 6.42 Å². The predicted octanol–water partition coefficient (Wildman–Crippen LogP) is 0.738. The number of carboxylic acids is 1. The zero-order valence-corrected chi connectivity index (χ0v) is 10.4. The van der Waals surface area contributed by atoms with E-state index in [1.54, 1.807) is 13.0 Å². The first-order valence-electron chi connectivity index (χ1n) is 5.99. The Kier molecular flexibility index (Phi) is 3.80. The Morgan fingerprint density at radius 3 is 2.89 bits per heavy atom. The van der Waals surface area contributed by atoms with Crippen molar-refractivity contribution in [3.63, 3.8) is 0 Å². The van der Waals surface area contributed by atoms with E-state index in [1.807, 2.05) is 0 Å². The first-order chi connectivity index (χ1) is 8.97. The molecule has 0 aromatic heterocycles. The molecule has 1 heterocycles. The maximum atomic E-state index is 13.1. The number of carboxylic acid groups (broad SMARTS) is 1. The topological polar surface area (TPSA) is 78.4 Å². The largest absolute Gasteiger partial charge is 0.481 e. The fraction of sp³-hybridized carbons (Fsp3) is 0.385. The third kappa shape index (κ3) is 3.08. The molecule has 1 aliphatic rings. The Bertz CT molecular complexity index is 519. The van der Waals surface area contributed by atoms with E-state index in [9.17, 15) is 14.0 Å². The number of hydrogen-bond donors (Lipinski definition) is 3. The number of amides is 1. The summed E-state index contributed by atoms with van der Waals surface area (Å²) in [7, 11) is 0. The van der Waals surface area contributed by atoms with E-state index in [2.05, 4.69) is 10.6 Å². The highest BCUT2D eigenvalue weighted by Gasteiger charge is 2.30. The molecule has 19 heavy (non-hydrogen) atoms. The molecule has 2 atom stereocenters. The van der Waals surface area contributed by atoms with Gasteiger partial charge in [0.1, 0.15) is 11.9 Å². The minimum absolute atomic E-state index is 0.0724. The summed E-state index contributed by atoms with van der Waals surface area (Å²) in [6.07, 6.45) is -0.0724. The minimum Gasteiger partial charge on any atom is -0.481 e. The van der Waals surface area contributed by atoms with E-state index in [1.165, 1.54) is 12.1 Å². The van der Waals surface area contributed by atoms with Gasteiger partial charge < -0.3 is 10.4 Å². The smallest absolute Gasteiger partial charge is 0.304 e. The van der Waals surface area contributed by atoms with Crippen LogP contribution in [0, 0.1) is 12.7 Å². The third-order valence-electron chi connectivity index (χ3n) is 3.15. The van der Waals surface area contributed by atoms with Gasteiger partial charge in [-0.15, -0.1) is 0 Å². The Labute approximate surface area is 109 Å². The molecule has 0 spiro atoms. The second kappa shape index (κ2) is 5.36. The molecule has 0 radical (unpaired) electrons. The first kappa shape index (κ1) is 13.5. The number of piperazine rings is 1. The normalized spacial score (nSPS) is 22.9. The van der Waals surface area contributed by atoms with Crippen LogP contribution in [0.4, 0.5) is 4.39 Å². The van der Waals surface area contributed by atoms with Crippen LogP contribution in [0.3, 0.4) is 0 Å². The Morgan fingerprint density at radius 2 is 2.26 bits per heavy atom. The predicted molar refractivity (Wildman–Crippen MR) is 66.1 cm³/mol. The van der Waals surface area contributed by atoms with Crippen LogP contribution in [0.25, 0.3) is 0 Å². The number of carbonyl (C=O) groups is 2. The molecule has 3 N–H and O–H groups in total. The van der Waals surface area contributed by atoms with Crippen molar-refractivity contribution < 1.29 is 19.1 Å². The second-order valence-corrected chi connectivity index (χ2v) is 4.64. The lowest BCUT2D eigenvalue weighted by molar-refractivity contribution is -0.138. The highest BCUT2D eigenvalue weighted by atomic mass is 19.1. The molecule has 0 bridgehead atoms. The fourth-order valence-corrected chi connectivity index (χ4v) is 2.23. The van der Waals surface area contributed by atoms with Gasteiger partial charge in [-0.2, -0.15) is 0 Å². The number of nitrogens with one attached hydrogen (secondary N) is 2. The Morgan fingerprint density at radius 1 is 1.53 bits per heavy atom. The molecule has 0 saturated carbocycles. The molecule has 5 nitrogen and oxygen atoms in total. The SMILES string of the molecule is Cc1cc(F)ccc1C1NC(CC(=O)O)CNC1=O. The molecular formula is C13H15FN2O3. The summed E-state index contributed by atoms with van der Waals surface area (Å²) in [4.78, 5) is 22.5. The molecule has 0 aliphatic carbocycles. The van der Waals surface area contributed by atoms with Crippen molar-refractivity contribution >= 4 is 11.9 Å². The van der Waals surface area contributed by atoms with Crippen molar-refractivity contribution in [1.82, 2.24) is 10.6 Å². The number of aliphatic carboxylic acids is 1. The lowest BCUT2D eigenvalue weighted by atomic mass is 9.97. The number of carbonyl (C=O) groups excluding carboxylic acids is 1. The highest BCUT2D eigenvalue weighted by Crippen LogP contribution is 2.21. The van der Waals surface area contributed by atoms with E-state index in [0.717, 1.165) is 0 Å². The van der Waals surface area contributed by atoms with Gasteiger partial charge in [0.25, 0.3) is 0 Å². The van der Waals surface area contributed by atoms with E-state index >= 15 is 0 Å². The number of rotatable bonds is 3. The maximum absolute atomic E-state index is 13.1. The van der Waals surface area contributed by atoms with Gasteiger partial charge in [0.2, 0.25) is 5.91 Å². The highest BCUT2D eigenvalue weighted by molar-refractivity contribution is 5.84. The van der Waals surface area contributed by atoms with Crippen LogP contribution in [0.5, 0.6) is 0 Å². The van der Waals surface area contributed by atoms with Crippen LogP contribution in [0.1, 0.15) is 23.6 Å². The summed E-state index contributed by atoms with van der Waals surface area (Å²) in [5.41, 5.74) is 1.32. The summed E-state index contributed by atoms with van der Waals surface area (Å²) < 4.78 is 13.1. The summed E-state index contributed by atoms with van der Waals surface area (Å²) in [5.74, 6) is -1.51. The summed E-state index contributed by atoms with van der Waals surface area (Å²) in [6.45, 7) is 2.00. The Hall–Kier alpha value is -1.95. The van der Waals surface area contributed by atoms with Crippen molar-refractivity contribution in [2.75, 3.05) is 6.54 Å². The number of halogens is 1. The minimum atomic E-state index is -0.928. The van der Waals surface area contributed by atoms with Crippen molar-refractivity contribution in [2.24, 2.45) is 0 Å². The first-order valence-corrected chi connectivity index (χ1v) is 5.99. The zero-order valence-electron chi connectivity index (χ0n) is 10.4. The lowest BCUT2D eigenvalue weighted by Gasteiger charge is -2.31. The molecule has 1 aromatic carbocycles. The van der Waals surface area contributed by atoms with Gasteiger partial charge in [0, 0.05) is 12.6 Å². The zero-order chi connectivity index (χ0) is 14.0. The van der Waals surface area contributed by atoms with Crippen LogP contribution < -0.4 is 10.6 Å². The monoisotopic (exact) mass is 266 g/mol. The van der Waals surface area contributed by atoms with Crippen molar-refractivity contribution in [3.05, 3.63) is 35.1 Å². The van der Waals surface area contributed by atoms with Gasteiger partial charge in [-0.1, -0.05) is 6.07 Å². The van der Waals surface area contributed by atoms with Crippen LogP contribution >= 0.6 is 0 Å². The standard InChI is InChI=1S/C13H15FN2O3/c1-7-4-8(14)2-3-10(7)12-13(19)15-6-9(16-12)5-11(17)18/h2-4,9,12,16H,5-6H2,1H3,(H,15,19)(H,17,18). The number of aryl methyl sites for hydroxylation is 1. The van der Waals surface area contributed by atoms with Gasteiger partial charge in [-0.05, 0) is 30.2 Å². The van der Waals surface area contributed by atoms with Gasteiger partial charge >= 0.3 is 5.97 Å². The Balaban J connectivity index is 2.21. The average molecular weight is 266 g/mol. The van der Waals surface area contributed by atoms with Crippen LogP contribution in [0.2, 0.25) is 0 Å². The van der Waals surface area contributed by atoms with E-state index in [-0.39, 0.29) is 30.7 Å². The molecule has 102 valence electrons. The van der Waals surface area contributed by atoms with Crippen molar-refractivity contribution in [1.29, 1.82) is 0 Å². The molecule has 2 unspecified atom stereocenters. The molecule has 1 saturated heterocycles. The van der Waals surface area contributed by atoms with Crippen molar-refractivity contribution in [3.8, 4) is 0 Å². The summed E-state index contributed by atoms with van der Waals surface area (Å²) >= 11 is 0. The van der Waals surface area contributed by atoms with Crippen LogP contribution in [-0.4, -0.2) is 29.6 Å². The molecular weight excluding hydrogens is 251 g/mol. The van der Waals surface area contributed by atoms with E-state index in [0.29, 0.717) is 11.1 Å². The summed E-state index contributed by atoms with van der Waals surface area (Å²) in [6, 6.07) is 3.22. The van der Waals surface area contributed by atoms with Crippen LogP contribution in [-0.2, 0) is 9.59 Å². The molecule has 6 heteroatoms.